The summed E-state index contributed by atoms with van der Waals surface area (Å²) in [4.78, 5) is 0. The molecule has 86 valence electrons. The molecule has 1 rings (SSSR count). The second kappa shape index (κ2) is 5.33. The molecule has 1 saturated heterocycles. The molecule has 1 aliphatic heterocycles. The van der Waals surface area contributed by atoms with Gasteiger partial charge in [-0.2, -0.15) is 0 Å². The first-order chi connectivity index (χ1) is 7.15. The lowest BCUT2D eigenvalue weighted by Gasteiger charge is -2.33. The molecule has 3 nitrogen and oxygen atoms in total. The molecule has 0 aromatic carbocycles. The van der Waals surface area contributed by atoms with Crippen LogP contribution in [0.15, 0.2) is 0 Å². The van der Waals surface area contributed by atoms with Crippen molar-refractivity contribution in [2.45, 2.75) is 56.9 Å². The number of ether oxygens (including phenoxy) is 3. The van der Waals surface area contributed by atoms with Crippen LogP contribution in [0.4, 0.5) is 0 Å². The summed E-state index contributed by atoms with van der Waals surface area (Å²) in [7, 11) is 9.25. The van der Waals surface area contributed by atoms with Gasteiger partial charge in [0.15, 0.2) is 0 Å². The molecule has 0 bridgehead atoms. The van der Waals surface area contributed by atoms with E-state index in [4.69, 9.17) is 22.1 Å². The monoisotopic (exact) mass is 212 g/mol. The standard InChI is InChI=1S/C11H21BO3/c1-5-7-11(6-2)9(14-4)8(13-3)10(12)15-11/h8-10H,5-7H2,1-4H3/t8-,9+,10-,11-/m1/s1. The first-order valence-corrected chi connectivity index (χ1v) is 5.64. The van der Waals surface area contributed by atoms with E-state index in [1.165, 1.54) is 0 Å². The zero-order chi connectivity index (χ0) is 11.5. The van der Waals surface area contributed by atoms with Gasteiger partial charge in [0.1, 0.15) is 20.1 Å². The first-order valence-electron chi connectivity index (χ1n) is 5.64. The molecule has 0 aromatic rings. The van der Waals surface area contributed by atoms with Crippen LogP contribution in [0.25, 0.3) is 0 Å². The van der Waals surface area contributed by atoms with Gasteiger partial charge in [-0.1, -0.05) is 20.3 Å². The van der Waals surface area contributed by atoms with Crippen molar-refractivity contribution < 1.29 is 14.2 Å². The molecule has 15 heavy (non-hydrogen) atoms. The van der Waals surface area contributed by atoms with E-state index in [0.29, 0.717) is 0 Å². The average molecular weight is 212 g/mol. The van der Waals surface area contributed by atoms with E-state index < -0.39 is 0 Å². The van der Waals surface area contributed by atoms with Crippen LogP contribution in [0.5, 0.6) is 0 Å². The minimum atomic E-state index is -0.383. The van der Waals surface area contributed by atoms with Gasteiger partial charge in [-0.05, 0) is 12.8 Å². The Kier molecular flexibility index (Phi) is 4.62. The van der Waals surface area contributed by atoms with Gasteiger partial charge in [-0.3, -0.25) is 0 Å². The third-order valence-corrected chi connectivity index (χ3v) is 3.31. The topological polar surface area (TPSA) is 27.7 Å². The SMILES string of the molecule is [B][C@@H]1O[C@](CC)(CCC)[C@@H](OC)[C@H]1OC. The zero-order valence-corrected chi connectivity index (χ0v) is 10.2. The van der Waals surface area contributed by atoms with Crippen LogP contribution in [0, 0.1) is 0 Å². The van der Waals surface area contributed by atoms with Crippen molar-refractivity contribution in [3.63, 3.8) is 0 Å². The number of hydrogen-bond donors (Lipinski definition) is 0. The molecule has 1 heterocycles. The van der Waals surface area contributed by atoms with Crippen LogP contribution in [0.1, 0.15) is 33.1 Å². The predicted molar refractivity (Wildman–Crippen MR) is 60.2 cm³/mol. The third kappa shape index (κ3) is 2.22. The minimum absolute atomic E-state index is 0.0672. The molecule has 0 spiro atoms. The Labute approximate surface area is 93.9 Å². The van der Waals surface area contributed by atoms with E-state index in [9.17, 15) is 0 Å². The van der Waals surface area contributed by atoms with Gasteiger partial charge in [-0.15, -0.1) is 0 Å². The van der Waals surface area contributed by atoms with E-state index >= 15 is 0 Å². The summed E-state index contributed by atoms with van der Waals surface area (Å²) >= 11 is 0. The Morgan fingerprint density at radius 2 is 1.93 bits per heavy atom. The number of methoxy groups -OCH3 is 2. The maximum atomic E-state index is 5.91. The summed E-state index contributed by atoms with van der Waals surface area (Å²) in [6, 6.07) is -0.383. The molecule has 4 heteroatoms. The van der Waals surface area contributed by atoms with E-state index in [1.54, 1.807) is 14.2 Å². The summed E-state index contributed by atoms with van der Waals surface area (Å²) in [6.07, 6.45) is 2.67. The molecular weight excluding hydrogens is 191 g/mol. The molecule has 0 unspecified atom stereocenters. The molecule has 0 aromatic heterocycles. The van der Waals surface area contributed by atoms with Crippen LogP contribution < -0.4 is 0 Å². The Morgan fingerprint density at radius 1 is 1.27 bits per heavy atom. The number of hydrogen-bond acceptors (Lipinski definition) is 3. The van der Waals surface area contributed by atoms with E-state index in [2.05, 4.69) is 13.8 Å². The van der Waals surface area contributed by atoms with Gasteiger partial charge < -0.3 is 14.2 Å². The summed E-state index contributed by atoms with van der Waals surface area (Å²) in [5.41, 5.74) is -0.274. The Bertz CT molecular complexity index is 200. The first kappa shape index (κ1) is 13.0. The molecule has 0 amide bonds. The highest BCUT2D eigenvalue weighted by Gasteiger charge is 2.52. The highest BCUT2D eigenvalue weighted by Crippen LogP contribution is 2.39. The Morgan fingerprint density at radius 3 is 2.33 bits per heavy atom. The molecule has 0 N–H and O–H groups in total. The lowest BCUT2D eigenvalue weighted by Crippen LogP contribution is -2.44. The summed E-state index contributed by atoms with van der Waals surface area (Å²) in [6.45, 7) is 4.24. The average Bonchev–Trinajstić information content (AvgIpc) is 2.51. The van der Waals surface area contributed by atoms with Crippen molar-refractivity contribution in [3.05, 3.63) is 0 Å². The van der Waals surface area contributed by atoms with Crippen molar-refractivity contribution in [3.8, 4) is 0 Å². The molecule has 0 saturated carbocycles. The predicted octanol–water partition coefficient (Wildman–Crippen LogP) is 1.49. The number of rotatable bonds is 5. The van der Waals surface area contributed by atoms with Crippen molar-refractivity contribution >= 4 is 7.85 Å². The lowest BCUT2D eigenvalue weighted by atomic mass is 9.85. The highest BCUT2D eigenvalue weighted by molar-refractivity contribution is 6.11. The molecule has 1 fully saturated rings. The van der Waals surface area contributed by atoms with Crippen LogP contribution >= 0.6 is 0 Å². The normalized spacial score (nSPS) is 40.9. The molecule has 2 radical (unpaired) electrons. The second-order valence-electron chi connectivity index (χ2n) is 4.11. The van der Waals surface area contributed by atoms with E-state index in [0.717, 1.165) is 19.3 Å². The smallest absolute Gasteiger partial charge is 0.114 e. The summed E-state index contributed by atoms with van der Waals surface area (Å²) in [5, 5.41) is 0. The van der Waals surface area contributed by atoms with E-state index in [1.807, 2.05) is 0 Å². The highest BCUT2D eigenvalue weighted by atomic mass is 16.6. The van der Waals surface area contributed by atoms with Crippen LogP contribution in [0.3, 0.4) is 0 Å². The fourth-order valence-electron chi connectivity index (χ4n) is 2.57. The van der Waals surface area contributed by atoms with Gasteiger partial charge in [0, 0.05) is 20.2 Å². The lowest BCUT2D eigenvalue weighted by molar-refractivity contribution is -0.0946. The van der Waals surface area contributed by atoms with Crippen LogP contribution in [-0.2, 0) is 14.2 Å². The van der Waals surface area contributed by atoms with Gasteiger partial charge in [0.05, 0.1) is 5.60 Å². The Hall–Kier alpha value is -0.0551. The summed E-state index contributed by atoms with van der Waals surface area (Å²) in [5.74, 6) is 0. The van der Waals surface area contributed by atoms with Crippen LogP contribution in [-0.4, -0.2) is 45.9 Å². The van der Waals surface area contributed by atoms with Gasteiger partial charge in [-0.25, -0.2) is 0 Å². The summed E-state index contributed by atoms with van der Waals surface area (Å²) < 4.78 is 16.7. The van der Waals surface area contributed by atoms with Crippen LogP contribution in [0.2, 0.25) is 0 Å². The fourth-order valence-corrected chi connectivity index (χ4v) is 2.57. The van der Waals surface area contributed by atoms with Crippen molar-refractivity contribution in [2.24, 2.45) is 0 Å². The largest absolute Gasteiger partial charge is 0.377 e. The molecular formula is C11H21BO3. The fraction of sp³-hybridized carbons (Fsp3) is 1.00. The minimum Gasteiger partial charge on any atom is -0.377 e. The van der Waals surface area contributed by atoms with Gasteiger partial charge in [0.25, 0.3) is 0 Å². The maximum Gasteiger partial charge on any atom is 0.114 e. The second-order valence-corrected chi connectivity index (χ2v) is 4.11. The molecule has 4 atom stereocenters. The quantitative estimate of drug-likeness (QED) is 0.646. The van der Waals surface area contributed by atoms with Crippen molar-refractivity contribution in [1.29, 1.82) is 0 Å². The Balaban J connectivity index is 2.87. The van der Waals surface area contributed by atoms with Crippen molar-refractivity contribution in [2.75, 3.05) is 14.2 Å². The van der Waals surface area contributed by atoms with Gasteiger partial charge >= 0.3 is 0 Å². The zero-order valence-electron chi connectivity index (χ0n) is 10.2. The molecule has 0 aliphatic carbocycles. The van der Waals surface area contributed by atoms with Gasteiger partial charge in [0.2, 0.25) is 0 Å². The maximum absolute atomic E-state index is 5.91. The third-order valence-electron chi connectivity index (χ3n) is 3.31. The van der Waals surface area contributed by atoms with E-state index in [-0.39, 0.29) is 23.8 Å². The molecule has 1 aliphatic rings. The van der Waals surface area contributed by atoms with Crippen molar-refractivity contribution in [1.82, 2.24) is 0 Å².